The lowest BCUT2D eigenvalue weighted by atomic mass is 10.2. The van der Waals surface area contributed by atoms with Crippen LogP contribution in [0.1, 0.15) is 31.2 Å². The molecule has 0 aromatic carbocycles. The standard InChI is InChI=1S/C13H22N2O/c1-15(9-4-2-3-5-10-16)12-13-7-6-8-14-11-13/h6-8,11,16H,2-5,9-10,12H2,1H3. The van der Waals surface area contributed by atoms with Crippen LogP contribution in [0.5, 0.6) is 0 Å². The Morgan fingerprint density at radius 2 is 2.06 bits per heavy atom. The lowest BCUT2D eigenvalue weighted by Crippen LogP contribution is -2.19. The summed E-state index contributed by atoms with van der Waals surface area (Å²) < 4.78 is 0. The SMILES string of the molecule is CN(CCCCCCO)Cc1cccnc1. The van der Waals surface area contributed by atoms with Gasteiger partial charge in [0.25, 0.3) is 0 Å². The molecule has 16 heavy (non-hydrogen) atoms. The van der Waals surface area contributed by atoms with Gasteiger partial charge in [0.05, 0.1) is 0 Å². The minimum atomic E-state index is 0.325. The number of rotatable bonds is 8. The molecule has 3 heteroatoms. The van der Waals surface area contributed by atoms with Gasteiger partial charge in [0.15, 0.2) is 0 Å². The van der Waals surface area contributed by atoms with Crippen molar-refractivity contribution in [3.8, 4) is 0 Å². The van der Waals surface area contributed by atoms with E-state index in [1.165, 1.54) is 18.4 Å². The second kappa shape index (κ2) is 8.25. The summed E-state index contributed by atoms with van der Waals surface area (Å²) in [6, 6.07) is 4.08. The zero-order chi connectivity index (χ0) is 11.6. The molecule has 0 bridgehead atoms. The van der Waals surface area contributed by atoms with Gasteiger partial charge in [0.2, 0.25) is 0 Å². The molecular weight excluding hydrogens is 200 g/mol. The maximum absolute atomic E-state index is 8.65. The van der Waals surface area contributed by atoms with Gasteiger partial charge in [-0.15, -0.1) is 0 Å². The second-order valence-electron chi connectivity index (χ2n) is 4.24. The van der Waals surface area contributed by atoms with Crippen molar-refractivity contribution in [3.05, 3.63) is 30.1 Å². The Bertz CT molecular complexity index is 264. The Morgan fingerprint density at radius 1 is 1.25 bits per heavy atom. The quantitative estimate of drug-likeness (QED) is 0.684. The zero-order valence-corrected chi connectivity index (χ0v) is 10.1. The van der Waals surface area contributed by atoms with E-state index in [0.717, 1.165) is 25.9 Å². The number of aliphatic hydroxyl groups is 1. The van der Waals surface area contributed by atoms with E-state index < -0.39 is 0 Å². The molecule has 0 amide bonds. The number of nitrogens with zero attached hydrogens (tertiary/aromatic N) is 2. The largest absolute Gasteiger partial charge is 0.396 e. The van der Waals surface area contributed by atoms with E-state index in [1.807, 2.05) is 12.3 Å². The van der Waals surface area contributed by atoms with Crippen LogP contribution >= 0.6 is 0 Å². The molecule has 1 rings (SSSR count). The van der Waals surface area contributed by atoms with E-state index in [0.29, 0.717) is 6.61 Å². The first-order valence-electron chi connectivity index (χ1n) is 6.01. The van der Waals surface area contributed by atoms with Crippen LogP contribution in [0.3, 0.4) is 0 Å². The first-order chi connectivity index (χ1) is 7.83. The second-order valence-corrected chi connectivity index (χ2v) is 4.24. The number of pyridine rings is 1. The summed E-state index contributed by atoms with van der Waals surface area (Å²) in [7, 11) is 2.14. The van der Waals surface area contributed by atoms with Gasteiger partial charge in [-0.05, 0) is 38.1 Å². The molecule has 1 aromatic rings. The fraction of sp³-hybridized carbons (Fsp3) is 0.615. The molecule has 3 nitrogen and oxygen atoms in total. The molecular formula is C13H22N2O. The van der Waals surface area contributed by atoms with E-state index in [9.17, 15) is 0 Å². The van der Waals surface area contributed by atoms with Crippen LogP contribution in [0.2, 0.25) is 0 Å². The molecule has 0 fully saturated rings. The molecule has 1 N–H and O–H groups in total. The monoisotopic (exact) mass is 222 g/mol. The van der Waals surface area contributed by atoms with E-state index in [4.69, 9.17) is 5.11 Å². The highest BCUT2D eigenvalue weighted by Gasteiger charge is 1.99. The van der Waals surface area contributed by atoms with Crippen molar-refractivity contribution in [3.63, 3.8) is 0 Å². The molecule has 0 unspecified atom stereocenters. The molecule has 0 spiro atoms. The molecule has 0 saturated carbocycles. The minimum absolute atomic E-state index is 0.325. The van der Waals surface area contributed by atoms with Gasteiger partial charge >= 0.3 is 0 Å². The normalized spacial score (nSPS) is 10.9. The maximum atomic E-state index is 8.65. The Hall–Kier alpha value is -0.930. The van der Waals surface area contributed by atoms with Crippen molar-refractivity contribution in [2.24, 2.45) is 0 Å². The van der Waals surface area contributed by atoms with Crippen molar-refractivity contribution in [2.75, 3.05) is 20.2 Å². The number of unbranched alkanes of at least 4 members (excludes halogenated alkanes) is 3. The van der Waals surface area contributed by atoms with Gasteiger partial charge in [0.1, 0.15) is 0 Å². The van der Waals surface area contributed by atoms with Gasteiger partial charge in [-0.25, -0.2) is 0 Å². The molecule has 0 aliphatic rings. The van der Waals surface area contributed by atoms with Gasteiger partial charge in [-0.2, -0.15) is 0 Å². The number of aliphatic hydroxyl groups excluding tert-OH is 1. The third kappa shape index (κ3) is 5.83. The predicted molar refractivity (Wildman–Crippen MR) is 66.1 cm³/mol. The first-order valence-corrected chi connectivity index (χ1v) is 6.01. The number of hydrogen-bond donors (Lipinski definition) is 1. The van der Waals surface area contributed by atoms with Gasteiger partial charge in [-0.3, -0.25) is 4.98 Å². The predicted octanol–water partition coefficient (Wildman–Crippen LogP) is 2.07. The first kappa shape index (κ1) is 13.1. The summed E-state index contributed by atoms with van der Waals surface area (Å²) in [6.45, 7) is 2.40. The van der Waals surface area contributed by atoms with E-state index in [-0.39, 0.29) is 0 Å². The summed E-state index contributed by atoms with van der Waals surface area (Å²) in [6.07, 6.45) is 8.21. The number of hydrogen-bond acceptors (Lipinski definition) is 3. The Labute approximate surface area is 98.1 Å². The average Bonchev–Trinajstić information content (AvgIpc) is 2.30. The van der Waals surface area contributed by atoms with E-state index >= 15 is 0 Å². The van der Waals surface area contributed by atoms with Crippen molar-refractivity contribution in [2.45, 2.75) is 32.2 Å². The summed E-state index contributed by atoms with van der Waals surface area (Å²) in [5.74, 6) is 0. The summed E-state index contributed by atoms with van der Waals surface area (Å²) >= 11 is 0. The topological polar surface area (TPSA) is 36.4 Å². The molecule has 0 saturated heterocycles. The van der Waals surface area contributed by atoms with Crippen LogP contribution in [-0.2, 0) is 6.54 Å². The summed E-state index contributed by atoms with van der Waals surface area (Å²) in [4.78, 5) is 6.42. The van der Waals surface area contributed by atoms with Crippen molar-refractivity contribution in [1.82, 2.24) is 9.88 Å². The minimum Gasteiger partial charge on any atom is -0.396 e. The van der Waals surface area contributed by atoms with Gasteiger partial charge in [0, 0.05) is 25.5 Å². The fourth-order valence-electron chi connectivity index (χ4n) is 1.73. The van der Waals surface area contributed by atoms with Gasteiger partial charge < -0.3 is 10.0 Å². The van der Waals surface area contributed by atoms with E-state index in [1.54, 1.807) is 6.20 Å². The van der Waals surface area contributed by atoms with Crippen LogP contribution in [0, 0.1) is 0 Å². The molecule has 0 radical (unpaired) electrons. The highest BCUT2D eigenvalue weighted by atomic mass is 16.2. The van der Waals surface area contributed by atoms with Crippen LogP contribution < -0.4 is 0 Å². The van der Waals surface area contributed by atoms with Gasteiger partial charge in [-0.1, -0.05) is 18.9 Å². The molecule has 1 aromatic heterocycles. The maximum Gasteiger partial charge on any atom is 0.0431 e. The average molecular weight is 222 g/mol. The Balaban J connectivity index is 2.09. The molecule has 1 heterocycles. The van der Waals surface area contributed by atoms with Crippen LogP contribution in [-0.4, -0.2) is 35.2 Å². The van der Waals surface area contributed by atoms with Crippen LogP contribution in [0.4, 0.5) is 0 Å². The number of aromatic nitrogens is 1. The molecule has 90 valence electrons. The van der Waals surface area contributed by atoms with Crippen LogP contribution in [0.25, 0.3) is 0 Å². The molecule has 0 atom stereocenters. The smallest absolute Gasteiger partial charge is 0.0431 e. The highest BCUT2D eigenvalue weighted by Crippen LogP contribution is 2.04. The molecule has 0 aliphatic heterocycles. The highest BCUT2D eigenvalue weighted by molar-refractivity contribution is 5.07. The Morgan fingerprint density at radius 3 is 2.75 bits per heavy atom. The lowest BCUT2D eigenvalue weighted by molar-refractivity contribution is 0.277. The van der Waals surface area contributed by atoms with E-state index in [2.05, 4.69) is 23.0 Å². The fourth-order valence-corrected chi connectivity index (χ4v) is 1.73. The van der Waals surface area contributed by atoms with Crippen molar-refractivity contribution >= 4 is 0 Å². The lowest BCUT2D eigenvalue weighted by Gasteiger charge is -2.16. The summed E-state index contributed by atoms with van der Waals surface area (Å²) in [5, 5.41) is 8.65. The summed E-state index contributed by atoms with van der Waals surface area (Å²) in [5.41, 5.74) is 1.26. The Kier molecular flexibility index (Phi) is 6.77. The van der Waals surface area contributed by atoms with Crippen molar-refractivity contribution in [1.29, 1.82) is 0 Å². The third-order valence-electron chi connectivity index (χ3n) is 2.62. The zero-order valence-electron chi connectivity index (χ0n) is 10.1. The molecule has 0 aliphatic carbocycles. The van der Waals surface area contributed by atoms with Crippen LogP contribution in [0.15, 0.2) is 24.5 Å². The third-order valence-corrected chi connectivity index (χ3v) is 2.62. The van der Waals surface area contributed by atoms with Crippen molar-refractivity contribution < 1.29 is 5.11 Å².